The van der Waals surface area contributed by atoms with E-state index in [4.69, 9.17) is 24.8 Å². The lowest BCUT2D eigenvalue weighted by molar-refractivity contribution is -0.193. The normalized spacial score (nSPS) is 15.3. The number of piperidine rings is 1. The number of alkyl halides is 6. The molecule has 1 saturated heterocycles. The van der Waals surface area contributed by atoms with Crippen LogP contribution in [-0.2, 0) is 23.2 Å². The molecule has 1 atom stereocenters. The zero-order chi connectivity index (χ0) is 32.0. The number of aliphatic carboxylic acids is 2. The van der Waals surface area contributed by atoms with E-state index in [2.05, 4.69) is 48.9 Å². The second kappa shape index (κ2) is 14.0. The Morgan fingerprint density at radius 2 is 1.50 bits per heavy atom. The molecule has 9 nitrogen and oxygen atoms in total. The Morgan fingerprint density at radius 3 is 1.95 bits per heavy atom. The van der Waals surface area contributed by atoms with Gasteiger partial charge in [-0.1, -0.05) is 11.6 Å². The van der Waals surface area contributed by atoms with Crippen molar-refractivity contribution < 1.29 is 51.3 Å². The highest BCUT2D eigenvalue weighted by Crippen LogP contribution is 2.31. The maximum absolute atomic E-state index is 10.7. The second-order valence-electron chi connectivity index (χ2n) is 9.96. The molecular formula is C27H32F6N4O5. The van der Waals surface area contributed by atoms with Crippen LogP contribution in [0.15, 0.2) is 30.6 Å². The van der Waals surface area contributed by atoms with Gasteiger partial charge in [0.25, 0.3) is 0 Å². The van der Waals surface area contributed by atoms with Crippen LogP contribution in [0, 0.1) is 26.7 Å². The third kappa shape index (κ3) is 9.69. The van der Waals surface area contributed by atoms with E-state index >= 15 is 0 Å². The van der Waals surface area contributed by atoms with Crippen molar-refractivity contribution in [1.82, 2.24) is 19.4 Å². The van der Waals surface area contributed by atoms with Crippen LogP contribution in [0.3, 0.4) is 0 Å². The van der Waals surface area contributed by atoms with E-state index in [-0.39, 0.29) is 5.92 Å². The molecule has 0 bridgehead atoms. The quantitative estimate of drug-likeness (QED) is 0.350. The Hall–Kier alpha value is -3.72. The first-order valence-electron chi connectivity index (χ1n) is 12.7. The van der Waals surface area contributed by atoms with Crippen molar-refractivity contribution in [3.05, 3.63) is 58.8 Å². The molecule has 15 heteroatoms. The number of rotatable bonds is 4. The molecule has 1 aliphatic rings. The van der Waals surface area contributed by atoms with Gasteiger partial charge < -0.3 is 19.9 Å². The molecule has 3 heterocycles. The number of aliphatic hydroxyl groups excluding tert-OH is 1. The zero-order valence-corrected chi connectivity index (χ0v) is 23.3. The largest absolute Gasteiger partial charge is 0.490 e. The van der Waals surface area contributed by atoms with Crippen LogP contribution in [-0.4, -0.2) is 72.1 Å². The highest BCUT2D eigenvalue weighted by molar-refractivity contribution is 5.86. The number of carboxylic acids is 2. The number of fused-ring (bicyclic) bond motifs is 1. The Balaban J connectivity index is 0.000000367. The van der Waals surface area contributed by atoms with Gasteiger partial charge in [-0.3, -0.25) is 9.88 Å². The summed E-state index contributed by atoms with van der Waals surface area (Å²) in [5, 5.41) is 26.2. The number of aromatic nitrogens is 3. The minimum atomic E-state index is -5.08. The van der Waals surface area contributed by atoms with Crippen LogP contribution in [0.1, 0.15) is 47.2 Å². The topological polar surface area (TPSA) is 129 Å². The van der Waals surface area contributed by atoms with Crippen LogP contribution in [0.4, 0.5) is 26.3 Å². The van der Waals surface area contributed by atoms with Crippen molar-refractivity contribution in [2.45, 2.75) is 58.6 Å². The monoisotopic (exact) mass is 606 g/mol. The highest BCUT2D eigenvalue weighted by atomic mass is 19.4. The number of pyridine rings is 1. The van der Waals surface area contributed by atoms with E-state index in [1.165, 1.54) is 22.1 Å². The molecule has 1 fully saturated rings. The summed E-state index contributed by atoms with van der Waals surface area (Å²) in [7, 11) is 1.95. The summed E-state index contributed by atoms with van der Waals surface area (Å²) < 4.78 is 65.4. The summed E-state index contributed by atoms with van der Waals surface area (Å²) >= 11 is 0. The molecular weight excluding hydrogens is 574 g/mol. The second-order valence-corrected chi connectivity index (χ2v) is 9.96. The number of nitrogens with zero attached hydrogens (tertiary/aromatic N) is 4. The third-order valence-corrected chi connectivity index (χ3v) is 6.54. The molecule has 1 aliphatic heterocycles. The Kier molecular flexibility index (Phi) is 11.5. The van der Waals surface area contributed by atoms with Crippen LogP contribution < -0.4 is 0 Å². The summed E-state index contributed by atoms with van der Waals surface area (Å²) in [5.41, 5.74) is 6.10. The van der Waals surface area contributed by atoms with E-state index in [1.54, 1.807) is 6.20 Å². The molecule has 0 radical (unpaired) electrons. The number of hydrogen-bond acceptors (Lipinski definition) is 6. The summed E-state index contributed by atoms with van der Waals surface area (Å²) in [6, 6.07) is 6.71. The van der Waals surface area contributed by atoms with Crippen molar-refractivity contribution >= 4 is 22.8 Å². The van der Waals surface area contributed by atoms with Gasteiger partial charge in [0.15, 0.2) is 0 Å². The minimum Gasteiger partial charge on any atom is -0.475 e. The first kappa shape index (κ1) is 34.5. The summed E-state index contributed by atoms with van der Waals surface area (Å²) in [6.45, 7) is 9.32. The fourth-order valence-corrected chi connectivity index (χ4v) is 4.56. The Bertz CT molecular complexity index is 1360. The SMILES string of the molecule is Cc1cc(C)c2nc(C)cc(CN3CCC(C(O)c4nccn4C)CC3)c2c1.O=C(O)C(F)(F)F.O=C(O)C(F)(F)F. The first-order chi connectivity index (χ1) is 19.3. The summed E-state index contributed by atoms with van der Waals surface area (Å²) in [4.78, 5) is 29.4. The van der Waals surface area contributed by atoms with Crippen LogP contribution >= 0.6 is 0 Å². The molecule has 0 spiro atoms. The van der Waals surface area contributed by atoms with Crippen molar-refractivity contribution in [1.29, 1.82) is 0 Å². The number of imidazole rings is 1. The number of halogens is 6. The average molecular weight is 607 g/mol. The molecule has 0 aliphatic carbocycles. The third-order valence-electron chi connectivity index (χ3n) is 6.54. The molecule has 3 aromatic rings. The first-order valence-corrected chi connectivity index (χ1v) is 12.7. The van der Waals surface area contributed by atoms with Gasteiger partial charge in [-0.25, -0.2) is 14.6 Å². The molecule has 2 aromatic heterocycles. The Labute approximate surface area is 237 Å². The number of carboxylic acid groups (broad SMARTS) is 2. The van der Waals surface area contributed by atoms with E-state index in [1.807, 2.05) is 17.8 Å². The number of hydrogen-bond donors (Lipinski definition) is 3. The minimum absolute atomic E-state index is 0.276. The van der Waals surface area contributed by atoms with Gasteiger partial charge >= 0.3 is 24.3 Å². The zero-order valence-electron chi connectivity index (χ0n) is 23.3. The van der Waals surface area contributed by atoms with E-state index in [0.29, 0.717) is 0 Å². The molecule has 42 heavy (non-hydrogen) atoms. The van der Waals surface area contributed by atoms with E-state index in [9.17, 15) is 31.4 Å². The van der Waals surface area contributed by atoms with E-state index < -0.39 is 30.4 Å². The standard InChI is InChI=1S/C23H30N4O.2C2HF3O2/c1-15-11-16(2)21-20(12-15)19(13-17(3)25-21)14-27-8-5-18(6-9-27)22(28)23-24-7-10-26(23)4;2*3-2(4,5)1(6)7/h7,10-13,18,22,28H,5-6,8-9,14H2,1-4H3;2*(H,6,7). The lowest BCUT2D eigenvalue weighted by atomic mass is 9.90. The van der Waals surface area contributed by atoms with Crippen molar-refractivity contribution in [2.75, 3.05) is 13.1 Å². The van der Waals surface area contributed by atoms with Crippen molar-refractivity contribution in [2.24, 2.45) is 13.0 Å². The maximum Gasteiger partial charge on any atom is 0.490 e. The average Bonchev–Trinajstić information content (AvgIpc) is 3.30. The predicted molar refractivity (Wildman–Crippen MR) is 140 cm³/mol. The number of carbonyl (C=O) groups is 2. The van der Waals surface area contributed by atoms with Crippen molar-refractivity contribution in [3.8, 4) is 0 Å². The number of benzene rings is 1. The van der Waals surface area contributed by atoms with Gasteiger partial charge in [0.05, 0.1) is 5.52 Å². The van der Waals surface area contributed by atoms with Gasteiger partial charge in [0.1, 0.15) is 11.9 Å². The lowest BCUT2D eigenvalue weighted by Crippen LogP contribution is -2.35. The maximum atomic E-state index is 10.7. The molecule has 1 unspecified atom stereocenters. The Morgan fingerprint density at radius 1 is 0.976 bits per heavy atom. The fourth-order valence-electron chi connectivity index (χ4n) is 4.56. The smallest absolute Gasteiger partial charge is 0.475 e. The lowest BCUT2D eigenvalue weighted by Gasteiger charge is -2.34. The molecule has 232 valence electrons. The fraction of sp³-hybridized carbons (Fsp3) is 0.481. The van der Waals surface area contributed by atoms with E-state index in [0.717, 1.165) is 49.5 Å². The summed E-state index contributed by atoms with van der Waals surface area (Å²) in [6.07, 6.45) is -5.00. The van der Waals surface area contributed by atoms with Gasteiger partial charge in [-0.15, -0.1) is 0 Å². The predicted octanol–water partition coefficient (Wildman–Crippen LogP) is 5.11. The van der Waals surface area contributed by atoms with Crippen molar-refractivity contribution in [3.63, 3.8) is 0 Å². The molecule has 3 N–H and O–H groups in total. The molecule has 0 saturated carbocycles. The van der Waals surface area contributed by atoms with Crippen LogP contribution in [0.5, 0.6) is 0 Å². The van der Waals surface area contributed by atoms with Gasteiger partial charge in [0, 0.05) is 37.1 Å². The number of aliphatic hydroxyl groups is 1. The van der Waals surface area contributed by atoms with Gasteiger partial charge in [-0.2, -0.15) is 26.3 Å². The molecule has 4 rings (SSSR count). The van der Waals surface area contributed by atoms with Gasteiger partial charge in [-0.05, 0) is 75.9 Å². The van der Waals surface area contributed by atoms with Gasteiger partial charge in [0.2, 0.25) is 0 Å². The van der Waals surface area contributed by atoms with Crippen LogP contribution in [0.2, 0.25) is 0 Å². The molecule has 0 amide bonds. The molecule has 1 aromatic carbocycles. The number of aryl methyl sites for hydroxylation is 4. The van der Waals surface area contributed by atoms with Crippen LogP contribution in [0.25, 0.3) is 10.9 Å². The number of likely N-dealkylation sites (tertiary alicyclic amines) is 1. The summed E-state index contributed by atoms with van der Waals surface area (Å²) in [5.74, 6) is -4.46. The highest BCUT2D eigenvalue weighted by Gasteiger charge is 2.39.